The lowest BCUT2D eigenvalue weighted by molar-refractivity contribution is 0.0429. The minimum Gasteiger partial charge on any atom is -0.393 e. The number of nitrogens with one attached hydrogen (secondary N) is 2. The molecule has 0 amide bonds. The molecule has 1 aliphatic rings. The third-order valence-electron chi connectivity index (χ3n) is 2.89. The molecule has 0 spiro atoms. The Morgan fingerprint density at radius 1 is 1.64 bits per heavy atom. The van der Waals surface area contributed by atoms with E-state index in [1.54, 1.807) is 0 Å². The number of hydrogen-bond acceptors (Lipinski definition) is 3. The number of H-pyrrole nitrogens is 1. The zero-order valence-electron chi connectivity index (χ0n) is 8.45. The van der Waals surface area contributed by atoms with Crippen LogP contribution in [-0.4, -0.2) is 28.0 Å². The molecule has 1 heterocycles. The molecule has 1 aromatic heterocycles. The van der Waals surface area contributed by atoms with E-state index in [1.807, 2.05) is 13.1 Å². The molecule has 2 rings (SSSR count). The third kappa shape index (κ3) is 2.13. The van der Waals surface area contributed by atoms with E-state index in [2.05, 4.69) is 15.5 Å². The molecule has 3 N–H and O–H groups in total. The van der Waals surface area contributed by atoms with Crippen LogP contribution in [-0.2, 0) is 6.54 Å². The van der Waals surface area contributed by atoms with Gasteiger partial charge in [0.1, 0.15) is 0 Å². The summed E-state index contributed by atoms with van der Waals surface area (Å²) in [5, 5.41) is 19.4. The number of aromatic amines is 1. The highest BCUT2D eigenvalue weighted by Crippen LogP contribution is 2.26. The minimum atomic E-state index is -0.0440. The van der Waals surface area contributed by atoms with Crippen LogP contribution in [0.4, 0.5) is 0 Å². The van der Waals surface area contributed by atoms with E-state index < -0.39 is 0 Å². The highest BCUT2D eigenvalue weighted by atomic mass is 16.3. The van der Waals surface area contributed by atoms with Crippen LogP contribution in [0.15, 0.2) is 6.20 Å². The maximum atomic E-state index is 9.10. The Balaban J connectivity index is 1.66. The largest absolute Gasteiger partial charge is 0.393 e. The first kappa shape index (κ1) is 9.68. The van der Waals surface area contributed by atoms with E-state index in [0.717, 1.165) is 31.6 Å². The van der Waals surface area contributed by atoms with Gasteiger partial charge in [-0.05, 0) is 32.2 Å². The Morgan fingerprint density at radius 3 is 3.00 bits per heavy atom. The lowest BCUT2D eigenvalue weighted by atomic mass is 9.82. The summed E-state index contributed by atoms with van der Waals surface area (Å²) in [4.78, 5) is 0. The predicted octanol–water partition coefficient (Wildman–Crippen LogP) is 0.579. The molecule has 0 aliphatic heterocycles. The first-order chi connectivity index (χ1) is 6.75. The Hall–Kier alpha value is -0.870. The van der Waals surface area contributed by atoms with Crippen molar-refractivity contribution >= 4 is 0 Å². The quantitative estimate of drug-likeness (QED) is 0.658. The third-order valence-corrected chi connectivity index (χ3v) is 2.89. The van der Waals surface area contributed by atoms with Crippen LogP contribution in [0, 0.1) is 12.8 Å². The fourth-order valence-electron chi connectivity index (χ4n) is 1.83. The SMILES string of the molecule is Cc1[nH]ncc1CNCC1CC(O)C1. The maximum absolute atomic E-state index is 9.10. The number of aryl methyl sites for hydroxylation is 1. The van der Waals surface area contributed by atoms with Crippen molar-refractivity contribution in [3.63, 3.8) is 0 Å². The van der Waals surface area contributed by atoms with Crippen LogP contribution >= 0.6 is 0 Å². The lowest BCUT2D eigenvalue weighted by Gasteiger charge is -2.31. The Morgan fingerprint density at radius 2 is 2.43 bits per heavy atom. The zero-order chi connectivity index (χ0) is 9.97. The van der Waals surface area contributed by atoms with Crippen LogP contribution in [0.2, 0.25) is 0 Å². The molecule has 1 aromatic rings. The highest BCUT2D eigenvalue weighted by Gasteiger charge is 2.26. The number of aliphatic hydroxyl groups is 1. The Bertz CT molecular complexity index is 291. The molecule has 0 bridgehead atoms. The number of nitrogens with zero attached hydrogens (tertiary/aromatic N) is 1. The van der Waals surface area contributed by atoms with Crippen LogP contribution in [0.1, 0.15) is 24.1 Å². The van der Waals surface area contributed by atoms with E-state index in [-0.39, 0.29) is 6.10 Å². The summed E-state index contributed by atoms with van der Waals surface area (Å²) in [5.74, 6) is 0.664. The molecule has 1 aliphatic carbocycles. The fraction of sp³-hybridized carbons (Fsp3) is 0.700. The van der Waals surface area contributed by atoms with Crippen molar-refractivity contribution in [1.82, 2.24) is 15.5 Å². The number of aliphatic hydroxyl groups excluding tert-OH is 1. The molecule has 4 nitrogen and oxygen atoms in total. The van der Waals surface area contributed by atoms with Crippen LogP contribution < -0.4 is 5.32 Å². The van der Waals surface area contributed by atoms with Crippen molar-refractivity contribution in [2.45, 2.75) is 32.4 Å². The molecule has 1 saturated carbocycles. The number of hydrogen-bond donors (Lipinski definition) is 3. The van der Waals surface area contributed by atoms with Crippen LogP contribution in [0.5, 0.6) is 0 Å². The normalized spacial score (nSPS) is 26.1. The van der Waals surface area contributed by atoms with Gasteiger partial charge in [0.25, 0.3) is 0 Å². The van der Waals surface area contributed by atoms with Crippen molar-refractivity contribution < 1.29 is 5.11 Å². The van der Waals surface area contributed by atoms with Gasteiger partial charge in [0, 0.05) is 17.8 Å². The first-order valence-electron chi connectivity index (χ1n) is 5.13. The van der Waals surface area contributed by atoms with Gasteiger partial charge in [0.05, 0.1) is 12.3 Å². The van der Waals surface area contributed by atoms with E-state index in [0.29, 0.717) is 5.92 Å². The Labute approximate surface area is 83.7 Å². The van der Waals surface area contributed by atoms with Crippen molar-refractivity contribution in [3.8, 4) is 0 Å². The van der Waals surface area contributed by atoms with Crippen molar-refractivity contribution in [1.29, 1.82) is 0 Å². The fourth-order valence-corrected chi connectivity index (χ4v) is 1.83. The van der Waals surface area contributed by atoms with Gasteiger partial charge in [-0.15, -0.1) is 0 Å². The summed E-state index contributed by atoms with van der Waals surface area (Å²) < 4.78 is 0. The second-order valence-electron chi connectivity index (χ2n) is 4.14. The summed E-state index contributed by atoms with van der Waals surface area (Å²) in [6.07, 6.45) is 3.73. The van der Waals surface area contributed by atoms with Gasteiger partial charge >= 0.3 is 0 Å². The summed E-state index contributed by atoms with van der Waals surface area (Å²) in [6.45, 7) is 3.90. The molecule has 0 aromatic carbocycles. The first-order valence-corrected chi connectivity index (χ1v) is 5.13. The maximum Gasteiger partial charge on any atom is 0.0546 e. The van der Waals surface area contributed by atoms with Gasteiger partial charge < -0.3 is 10.4 Å². The molecule has 78 valence electrons. The summed E-state index contributed by atoms with van der Waals surface area (Å²) in [6, 6.07) is 0. The second-order valence-corrected chi connectivity index (χ2v) is 4.14. The second kappa shape index (κ2) is 4.11. The summed E-state index contributed by atoms with van der Waals surface area (Å²) in [7, 11) is 0. The summed E-state index contributed by atoms with van der Waals surface area (Å²) >= 11 is 0. The van der Waals surface area contributed by atoms with Crippen LogP contribution in [0.25, 0.3) is 0 Å². The monoisotopic (exact) mass is 195 g/mol. The molecule has 0 atom stereocenters. The molecular weight excluding hydrogens is 178 g/mol. The average Bonchev–Trinajstić information content (AvgIpc) is 2.49. The van der Waals surface area contributed by atoms with Gasteiger partial charge in [-0.1, -0.05) is 0 Å². The predicted molar refractivity (Wildman–Crippen MR) is 53.8 cm³/mol. The van der Waals surface area contributed by atoms with Crippen molar-refractivity contribution in [3.05, 3.63) is 17.5 Å². The Kier molecular flexibility index (Phi) is 2.84. The standard InChI is InChI=1S/C10H17N3O/c1-7-9(6-12-13-7)5-11-4-8-2-10(14)3-8/h6,8,10-11,14H,2-5H2,1H3,(H,12,13). The average molecular weight is 195 g/mol. The molecule has 14 heavy (non-hydrogen) atoms. The van der Waals surface area contributed by atoms with Gasteiger partial charge in [-0.25, -0.2) is 0 Å². The molecule has 0 unspecified atom stereocenters. The minimum absolute atomic E-state index is 0.0440. The van der Waals surface area contributed by atoms with Gasteiger partial charge in [-0.2, -0.15) is 5.10 Å². The van der Waals surface area contributed by atoms with E-state index in [9.17, 15) is 0 Å². The van der Waals surface area contributed by atoms with Crippen LogP contribution in [0.3, 0.4) is 0 Å². The van der Waals surface area contributed by atoms with Gasteiger partial charge in [0.15, 0.2) is 0 Å². The smallest absolute Gasteiger partial charge is 0.0546 e. The molecule has 4 heteroatoms. The topological polar surface area (TPSA) is 60.9 Å². The molecule has 0 saturated heterocycles. The van der Waals surface area contributed by atoms with E-state index in [1.165, 1.54) is 5.56 Å². The van der Waals surface area contributed by atoms with Crippen molar-refractivity contribution in [2.24, 2.45) is 5.92 Å². The van der Waals surface area contributed by atoms with Gasteiger partial charge in [0.2, 0.25) is 0 Å². The number of aromatic nitrogens is 2. The molecule has 0 radical (unpaired) electrons. The van der Waals surface area contributed by atoms with Gasteiger partial charge in [-0.3, -0.25) is 5.10 Å². The lowest BCUT2D eigenvalue weighted by Crippen LogP contribution is -2.35. The molecule has 1 fully saturated rings. The van der Waals surface area contributed by atoms with E-state index >= 15 is 0 Å². The highest BCUT2D eigenvalue weighted by molar-refractivity contribution is 5.13. The summed E-state index contributed by atoms with van der Waals surface area (Å²) in [5.41, 5.74) is 2.36. The van der Waals surface area contributed by atoms with Crippen molar-refractivity contribution in [2.75, 3.05) is 6.54 Å². The number of rotatable bonds is 4. The zero-order valence-corrected chi connectivity index (χ0v) is 8.45. The van der Waals surface area contributed by atoms with E-state index in [4.69, 9.17) is 5.11 Å². The molecular formula is C10H17N3O.